The number of carbonyl (C=O) groups is 1. The molecule has 1 aromatic carbocycles. The van der Waals surface area contributed by atoms with Gasteiger partial charge in [0.1, 0.15) is 11.8 Å². The van der Waals surface area contributed by atoms with Gasteiger partial charge in [-0.2, -0.15) is 0 Å². The topological polar surface area (TPSA) is 53.0 Å². The lowest BCUT2D eigenvalue weighted by Crippen LogP contribution is -2.53. The summed E-state index contributed by atoms with van der Waals surface area (Å²) in [5.41, 5.74) is 0. The molecular formula is C21H32N2O3S. The maximum Gasteiger partial charge on any atom is 0.323 e. The summed E-state index contributed by atoms with van der Waals surface area (Å²) in [7, 11) is 0. The van der Waals surface area contributed by atoms with E-state index in [1.807, 2.05) is 28.6 Å². The Labute approximate surface area is 167 Å². The van der Waals surface area contributed by atoms with Gasteiger partial charge in [-0.25, -0.2) is 4.31 Å². The molecule has 1 atom stereocenters. The number of aliphatic carboxylic acids is 1. The zero-order valence-electron chi connectivity index (χ0n) is 16.3. The van der Waals surface area contributed by atoms with Gasteiger partial charge in [0.25, 0.3) is 0 Å². The van der Waals surface area contributed by atoms with Crippen molar-refractivity contribution in [1.82, 2.24) is 9.21 Å². The number of hydrogen-bond donors (Lipinski definition) is 1. The summed E-state index contributed by atoms with van der Waals surface area (Å²) in [4.78, 5) is 15.0. The standard InChI is InChI=1S/C21H32N2O3S/c1-2-12-22-13-14-23(20(15-22)21(24)25)27-19-10-8-18(9-11-19)26-16-17-6-4-3-5-7-17/h8-11,17,20H,2-7,12-16H2,1H3,(H,24,25). The Hall–Kier alpha value is -1.24. The first-order valence-corrected chi connectivity index (χ1v) is 11.1. The zero-order chi connectivity index (χ0) is 19.1. The first kappa shape index (κ1) is 20.5. The number of carboxylic acids is 1. The Morgan fingerprint density at radius 1 is 1.19 bits per heavy atom. The second-order valence-corrected chi connectivity index (χ2v) is 8.80. The number of carboxylic acid groups (broad SMARTS) is 1. The van der Waals surface area contributed by atoms with Gasteiger partial charge < -0.3 is 9.84 Å². The van der Waals surface area contributed by atoms with Crippen molar-refractivity contribution in [3.05, 3.63) is 24.3 Å². The minimum absolute atomic E-state index is 0.461. The fourth-order valence-electron chi connectivity index (χ4n) is 3.95. The summed E-state index contributed by atoms with van der Waals surface area (Å²) in [6.07, 6.45) is 7.66. The van der Waals surface area contributed by atoms with Gasteiger partial charge in [-0.15, -0.1) is 0 Å². The average Bonchev–Trinajstić information content (AvgIpc) is 2.69. The third kappa shape index (κ3) is 6.13. The minimum atomic E-state index is -0.740. The molecule has 1 aromatic rings. The zero-order valence-corrected chi connectivity index (χ0v) is 17.1. The second kappa shape index (κ2) is 10.3. The third-order valence-corrected chi connectivity index (χ3v) is 6.65. The van der Waals surface area contributed by atoms with Gasteiger partial charge >= 0.3 is 5.97 Å². The van der Waals surface area contributed by atoms with E-state index < -0.39 is 12.0 Å². The molecule has 1 saturated carbocycles. The molecule has 1 heterocycles. The molecule has 27 heavy (non-hydrogen) atoms. The summed E-state index contributed by atoms with van der Waals surface area (Å²) >= 11 is 1.55. The number of rotatable bonds is 8. The maximum atomic E-state index is 11.7. The monoisotopic (exact) mass is 392 g/mol. The number of piperazine rings is 1. The van der Waals surface area contributed by atoms with Gasteiger partial charge in [-0.05, 0) is 67.9 Å². The van der Waals surface area contributed by atoms with Crippen LogP contribution in [0.1, 0.15) is 45.4 Å². The Morgan fingerprint density at radius 3 is 2.59 bits per heavy atom. The maximum absolute atomic E-state index is 11.7. The quantitative estimate of drug-likeness (QED) is 0.671. The molecule has 0 radical (unpaired) electrons. The molecule has 1 aliphatic carbocycles. The van der Waals surface area contributed by atoms with Crippen LogP contribution < -0.4 is 4.74 Å². The first-order valence-electron chi connectivity index (χ1n) is 10.3. The summed E-state index contributed by atoms with van der Waals surface area (Å²) in [6, 6.07) is 7.64. The lowest BCUT2D eigenvalue weighted by molar-refractivity contribution is -0.143. The van der Waals surface area contributed by atoms with E-state index in [2.05, 4.69) is 11.8 Å². The van der Waals surface area contributed by atoms with Crippen LogP contribution in [-0.4, -0.2) is 59.1 Å². The van der Waals surface area contributed by atoms with Crippen LogP contribution in [0.15, 0.2) is 29.2 Å². The van der Waals surface area contributed by atoms with E-state index in [1.165, 1.54) is 32.1 Å². The molecule has 2 aliphatic rings. The highest BCUT2D eigenvalue weighted by Crippen LogP contribution is 2.30. The van der Waals surface area contributed by atoms with Crippen molar-refractivity contribution in [3.63, 3.8) is 0 Å². The van der Waals surface area contributed by atoms with Crippen LogP contribution in [0.3, 0.4) is 0 Å². The van der Waals surface area contributed by atoms with Crippen LogP contribution >= 0.6 is 11.9 Å². The van der Waals surface area contributed by atoms with E-state index in [0.717, 1.165) is 43.3 Å². The van der Waals surface area contributed by atoms with Crippen molar-refractivity contribution in [2.45, 2.75) is 56.4 Å². The van der Waals surface area contributed by atoms with Crippen LogP contribution in [0, 0.1) is 5.92 Å². The van der Waals surface area contributed by atoms with Crippen LogP contribution in [0.2, 0.25) is 0 Å². The lowest BCUT2D eigenvalue weighted by Gasteiger charge is -2.38. The van der Waals surface area contributed by atoms with Gasteiger partial charge in [-0.1, -0.05) is 26.2 Å². The molecule has 2 fully saturated rings. The van der Waals surface area contributed by atoms with Gasteiger partial charge in [0.15, 0.2) is 0 Å². The molecule has 6 heteroatoms. The Balaban J connectivity index is 1.51. The van der Waals surface area contributed by atoms with E-state index in [-0.39, 0.29) is 0 Å². The third-order valence-electron chi connectivity index (χ3n) is 5.50. The molecule has 5 nitrogen and oxygen atoms in total. The van der Waals surface area contributed by atoms with Crippen molar-refractivity contribution in [3.8, 4) is 5.75 Å². The van der Waals surface area contributed by atoms with E-state index in [1.54, 1.807) is 11.9 Å². The molecule has 3 rings (SSSR count). The number of ether oxygens (including phenoxy) is 1. The van der Waals surface area contributed by atoms with Gasteiger partial charge in [-0.3, -0.25) is 9.69 Å². The predicted molar refractivity (Wildman–Crippen MR) is 109 cm³/mol. The fourth-order valence-corrected chi connectivity index (χ4v) is 4.94. The molecule has 0 aromatic heterocycles. The van der Waals surface area contributed by atoms with Crippen molar-refractivity contribution < 1.29 is 14.6 Å². The SMILES string of the molecule is CCCN1CCN(Sc2ccc(OCC3CCCCC3)cc2)C(C(=O)O)C1. The molecule has 1 aliphatic heterocycles. The van der Waals surface area contributed by atoms with Crippen molar-refractivity contribution in [2.75, 3.05) is 32.8 Å². The molecule has 0 bridgehead atoms. The summed E-state index contributed by atoms with van der Waals surface area (Å²) in [6.45, 7) is 6.20. The molecule has 1 saturated heterocycles. The van der Waals surface area contributed by atoms with Crippen LogP contribution in [0.4, 0.5) is 0 Å². The highest BCUT2D eigenvalue weighted by molar-refractivity contribution is 7.97. The van der Waals surface area contributed by atoms with Crippen molar-refractivity contribution in [2.24, 2.45) is 5.92 Å². The highest BCUT2D eigenvalue weighted by atomic mass is 32.2. The Bertz CT molecular complexity index is 590. The molecular weight excluding hydrogens is 360 g/mol. The van der Waals surface area contributed by atoms with Gasteiger partial charge in [0, 0.05) is 24.5 Å². The summed E-state index contributed by atoms with van der Waals surface area (Å²) < 4.78 is 7.97. The Morgan fingerprint density at radius 2 is 1.93 bits per heavy atom. The van der Waals surface area contributed by atoms with Crippen molar-refractivity contribution >= 4 is 17.9 Å². The molecule has 1 N–H and O–H groups in total. The second-order valence-electron chi connectivity index (χ2n) is 7.67. The molecule has 150 valence electrons. The summed E-state index contributed by atoms with van der Waals surface area (Å²) in [5.74, 6) is 0.867. The summed E-state index contributed by atoms with van der Waals surface area (Å²) in [5, 5.41) is 9.61. The molecule has 1 unspecified atom stereocenters. The number of benzene rings is 1. The molecule has 0 amide bonds. The molecule has 0 spiro atoms. The van der Waals surface area contributed by atoms with Crippen molar-refractivity contribution in [1.29, 1.82) is 0 Å². The largest absolute Gasteiger partial charge is 0.493 e. The Kier molecular flexibility index (Phi) is 7.85. The van der Waals surface area contributed by atoms with E-state index in [0.29, 0.717) is 12.5 Å². The predicted octanol–water partition coefficient (Wildman–Crippen LogP) is 4.13. The number of nitrogens with zero attached hydrogens (tertiary/aromatic N) is 2. The van der Waals surface area contributed by atoms with Crippen LogP contribution in [-0.2, 0) is 4.79 Å². The van der Waals surface area contributed by atoms with E-state index in [9.17, 15) is 9.90 Å². The normalized spacial score (nSPS) is 22.6. The highest BCUT2D eigenvalue weighted by Gasteiger charge is 2.32. The first-order chi connectivity index (χ1) is 13.2. The smallest absolute Gasteiger partial charge is 0.323 e. The van der Waals surface area contributed by atoms with E-state index >= 15 is 0 Å². The minimum Gasteiger partial charge on any atom is -0.493 e. The van der Waals surface area contributed by atoms with Crippen LogP contribution in [0.5, 0.6) is 5.75 Å². The fraction of sp³-hybridized carbons (Fsp3) is 0.667. The van der Waals surface area contributed by atoms with Gasteiger partial charge in [0.2, 0.25) is 0 Å². The van der Waals surface area contributed by atoms with Gasteiger partial charge in [0.05, 0.1) is 6.61 Å². The average molecular weight is 393 g/mol. The number of hydrogen-bond acceptors (Lipinski definition) is 5. The van der Waals surface area contributed by atoms with E-state index in [4.69, 9.17) is 4.74 Å². The van der Waals surface area contributed by atoms with Crippen LogP contribution in [0.25, 0.3) is 0 Å². The lowest BCUT2D eigenvalue weighted by atomic mass is 9.90.